The lowest BCUT2D eigenvalue weighted by Gasteiger charge is -2.18. The van der Waals surface area contributed by atoms with E-state index in [-0.39, 0.29) is 0 Å². The van der Waals surface area contributed by atoms with Crippen LogP contribution in [0.25, 0.3) is 0 Å². The molecular weight excluding hydrogens is 270 g/mol. The molecule has 0 saturated heterocycles. The Bertz CT molecular complexity index is 479. The zero-order valence-electron chi connectivity index (χ0n) is 11.6. The van der Waals surface area contributed by atoms with Gasteiger partial charge in [0.1, 0.15) is 0 Å². The van der Waals surface area contributed by atoms with Crippen molar-refractivity contribution in [3.05, 3.63) is 52.2 Å². The highest BCUT2D eigenvalue weighted by molar-refractivity contribution is 7.99. The number of hydrogen-bond acceptors (Lipinski definition) is 3. The van der Waals surface area contributed by atoms with Crippen molar-refractivity contribution >= 4 is 23.1 Å². The predicted molar refractivity (Wildman–Crippen MR) is 87.3 cm³/mol. The average molecular weight is 291 g/mol. The molecule has 0 saturated carbocycles. The molecule has 0 radical (unpaired) electrons. The molecule has 2 aromatic rings. The third kappa shape index (κ3) is 4.37. The minimum absolute atomic E-state index is 0.463. The first-order valence-electron chi connectivity index (χ1n) is 6.76. The maximum Gasteiger partial charge on any atom is 0.0512 e. The molecule has 19 heavy (non-hydrogen) atoms. The topological polar surface area (TPSA) is 12.0 Å². The lowest BCUT2D eigenvalue weighted by atomic mass is 10.2. The molecule has 2 rings (SSSR count). The van der Waals surface area contributed by atoms with E-state index in [1.165, 1.54) is 21.8 Å². The molecule has 1 heterocycles. The second kappa shape index (κ2) is 7.73. The number of thiophene rings is 1. The molecule has 3 heteroatoms. The van der Waals surface area contributed by atoms with E-state index < -0.39 is 0 Å². The Balaban J connectivity index is 2.00. The molecule has 0 aliphatic carbocycles. The number of benzene rings is 1. The SMILES string of the molecule is CCCNC(CSc1ccccc1)c1sccc1C. The molecule has 0 fully saturated rings. The Kier molecular flexibility index (Phi) is 5.95. The van der Waals surface area contributed by atoms with Crippen LogP contribution < -0.4 is 5.32 Å². The number of nitrogens with one attached hydrogen (secondary N) is 1. The third-order valence-corrected chi connectivity index (χ3v) is 5.26. The Morgan fingerprint density at radius 2 is 2.00 bits per heavy atom. The summed E-state index contributed by atoms with van der Waals surface area (Å²) in [6, 6.07) is 13.3. The van der Waals surface area contributed by atoms with Crippen LogP contribution in [0.1, 0.15) is 29.8 Å². The zero-order chi connectivity index (χ0) is 13.5. The van der Waals surface area contributed by atoms with E-state index >= 15 is 0 Å². The molecule has 1 aromatic heterocycles. The zero-order valence-corrected chi connectivity index (χ0v) is 13.2. The van der Waals surface area contributed by atoms with Gasteiger partial charge < -0.3 is 5.32 Å². The maximum absolute atomic E-state index is 3.67. The van der Waals surface area contributed by atoms with Gasteiger partial charge in [0, 0.05) is 15.5 Å². The molecule has 102 valence electrons. The normalized spacial score (nSPS) is 12.5. The Morgan fingerprint density at radius 3 is 2.63 bits per heavy atom. The van der Waals surface area contributed by atoms with Crippen LogP contribution in [-0.4, -0.2) is 12.3 Å². The van der Waals surface area contributed by atoms with Gasteiger partial charge in [-0.2, -0.15) is 0 Å². The minimum atomic E-state index is 0.463. The van der Waals surface area contributed by atoms with Gasteiger partial charge in [0.05, 0.1) is 6.04 Å². The summed E-state index contributed by atoms with van der Waals surface area (Å²) in [4.78, 5) is 2.83. The van der Waals surface area contributed by atoms with Crippen molar-refractivity contribution in [1.82, 2.24) is 5.32 Å². The van der Waals surface area contributed by atoms with Crippen LogP contribution in [0.4, 0.5) is 0 Å². The van der Waals surface area contributed by atoms with Crippen LogP contribution in [-0.2, 0) is 0 Å². The second-order valence-corrected chi connectivity index (χ2v) is 6.64. The van der Waals surface area contributed by atoms with Crippen LogP contribution in [0.3, 0.4) is 0 Å². The van der Waals surface area contributed by atoms with E-state index in [9.17, 15) is 0 Å². The molecule has 0 spiro atoms. The quantitative estimate of drug-likeness (QED) is 0.729. The summed E-state index contributed by atoms with van der Waals surface area (Å²) in [5.74, 6) is 1.09. The van der Waals surface area contributed by atoms with E-state index in [1.54, 1.807) is 0 Å². The van der Waals surface area contributed by atoms with Crippen molar-refractivity contribution in [2.24, 2.45) is 0 Å². The first-order chi connectivity index (χ1) is 9.31. The Morgan fingerprint density at radius 1 is 1.21 bits per heavy atom. The van der Waals surface area contributed by atoms with Crippen molar-refractivity contribution in [3.8, 4) is 0 Å². The molecule has 0 aliphatic heterocycles. The van der Waals surface area contributed by atoms with Crippen molar-refractivity contribution in [2.45, 2.75) is 31.2 Å². The lowest BCUT2D eigenvalue weighted by molar-refractivity contribution is 0.583. The van der Waals surface area contributed by atoms with Crippen LogP contribution in [0.15, 0.2) is 46.7 Å². The summed E-state index contributed by atoms with van der Waals surface area (Å²) in [5, 5.41) is 5.87. The number of hydrogen-bond donors (Lipinski definition) is 1. The summed E-state index contributed by atoms with van der Waals surface area (Å²) in [5.41, 5.74) is 1.41. The van der Waals surface area contributed by atoms with E-state index in [0.717, 1.165) is 12.3 Å². The van der Waals surface area contributed by atoms with Crippen LogP contribution in [0, 0.1) is 6.92 Å². The monoisotopic (exact) mass is 291 g/mol. The number of rotatable bonds is 7. The number of thioether (sulfide) groups is 1. The van der Waals surface area contributed by atoms with Gasteiger partial charge in [-0.1, -0.05) is 25.1 Å². The van der Waals surface area contributed by atoms with Gasteiger partial charge in [-0.15, -0.1) is 23.1 Å². The minimum Gasteiger partial charge on any atom is -0.309 e. The predicted octanol–water partition coefficient (Wildman–Crippen LogP) is 4.89. The molecule has 0 aliphatic rings. The van der Waals surface area contributed by atoms with E-state index in [0.29, 0.717) is 6.04 Å². The summed E-state index contributed by atoms with van der Waals surface area (Å²) in [6.07, 6.45) is 1.18. The summed E-state index contributed by atoms with van der Waals surface area (Å²) >= 11 is 3.80. The van der Waals surface area contributed by atoms with Crippen LogP contribution in [0.2, 0.25) is 0 Å². The van der Waals surface area contributed by atoms with Crippen LogP contribution >= 0.6 is 23.1 Å². The summed E-state index contributed by atoms with van der Waals surface area (Å²) in [6.45, 7) is 5.51. The molecule has 1 N–H and O–H groups in total. The third-order valence-electron chi connectivity index (χ3n) is 3.02. The van der Waals surface area contributed by atoms with E-state index in [2.05, 4.69) is 60.9 Å². The largest absolute Gasteiger partial charge is 0.309 e. The van der Waals surface area contributed by atoms with Gasteiger partial charge in [0.2, 0.25) is 0 Å². The van der Waals surface area contributed by atoms with Crippen molar-refractivity contribution in [2.75, 3.05) is 12.3 Å². The smallest absolute Gasteiger partial charge is 0.0512 e. The number of aryl methyl sites for hydroxylation is 1. The van der Waals surface area contributed by atoms with Gasteiger partial charge >= 0.3 is 0 Å². The fourth-order valence-corrected chi connectivity index (χ4v) is 4.09. The molecule has 1 atom stereocenters. The average Bonchev–Trinajstić information content (AvgIpc) is 2.86. The lowest BCUT2D eigenvalue weighted by Crippen LogP contribution is -2.23. The van der Waals surface area contributed by atoms with E-state index in [4.69, 9.17) is 0 Å². The van der Waals surface area contributed by atoms with Gasteiger partial charge in [0.25, 0.3) is 0 Å². The molecular formula is C16H21NS2. The fourth-order valence-electron chi connectivity index (χ4n) is 1.98. The second-order valence-electron chi connectivity index (χ2n) is 4.60. The highest BCUT2D eigenvalue weighted by atomic mass is 32.2. The molecule has 1 nitrogen and oxygen atoms in total. The van der Waals surface area contributed by atoms with E-state index in [1.807, 2.05) is 23.1 Å². The fraction of sp³-hybridized carbons (Fsp3) is 0.375. The standard InChI is InChI=1S/C16H21NS2/c1-3-10-17-15(16-13(2)9-11-18-16)12-19-14-7-5-4-6-8-14/h4-9,11,15,17H,3,10,12H2,1-2H3. The maximum atomic E-state index is 3.67. The first-order valence-corrected chi connectivity index (χ1v) is 8.63. The Hall–Kier alpha value is -0.770. The Labute approximate surface area is 124 Å². The van der Waals surface area contributed by atoms with Crippen molar-refractivity contribution in [3.63, 3.8) is 0 Å². The molecule has 0 bridgehead atoms. The van der Waals surface area contributed by atoms with Gasteiger partial charge in [-0.3, -0.25) is 0 Å². The highest BCUT2D eigenvalue weighted by Crippen LogP contribution is 2.29. The highest BCUT2D eigenvalue weighted by Gasteiger charge is 2.14. The summed E-state index contributed by atoms with van der Waals surface area (Å²) < 4.78 is 0. The van der Waals surface area contributed by atoms with Crippen LogP contribution in [0.5, 0.6) is 0 Å². The first kappa shape index (κ1) is 14.6. The molecule has 1 unspecified atom stereocenters. The molecule has 0 amide bonds. The van der Waals surface area contributed by atoms with Crippen molar-refractivity contribution < 1.29 is 0 Å². The van der Waals surface area contributed by atoms with Gasteiger partial charge in [-0.25, -0.2) is 0 Å². The van der Waals surface area contributed by atoms with Gasteiger partial charge in [-0.05, 0) is 49.0 Å². The van der Waals surface area contributed by atoms with Crippen molar-refractivity contribution in [1.29, 1.82) is 0 Å². The summed E-state index contributed by atoms with van der Waals surface area (Å²) in [7, 11) is 0. The molecule has 1 aromatic carbocycles. The van der Waals surface area contributed by atoms with Gasteiger partial charge in [0.15, 0.2) is 0 Å².